The summed E-state index contributed by atoms with van der Waals surface area (Å²) in [5.41, 5.74) is 0. The Morgan fingerprint density at radius 3 is 2.00 bits per heavy atom. The van der Waals surface area contributed by atoms with Gasteiger partial charge in [-0.1, -0.05) is 0 Å². The largest absolute Gasteiger partial charge is 1.00 e. The quantitative estimate of drug-likeness (QED) is 0.329. The minimum Gasteiger partial charge on any atom is -0.748 e. The van der Waals surface area contributed by atoms with E-state index in [-0.39, 0.29) is 41.8 Å². The van der Waals surface area contributed by atoms with Crippen LogP contribution in [0.15, 0.2) is 0 Å². The van der Waals surface area contributed by atoms with Gasteiger partial charge in [0.1, 0.15) is 5.78 Å². The van der Waals surface area contributed by atoms with Gasteiger partial charge in [-0.2, -0.15) is 0 Å². The van der Waals surface area contributed by atoms with Crippen LogP contribution in [0.1, 0.15) is 13.3 Å². The van der Waals surface area contributed by atoms with Gasteiger partial charge in [0.25, 0.3) is 0 Å². The molecule has 4 nitrogen and oxygen atoms in total. The maximum Gasteiger partial charge on any atom is 1.00 e. The van der Waals surface area contributed by atoms with Gasteiger partial charge in [0, 0.05) is 12.2 Å². The molecule has 0 aromatic carbocycles. The van der Waals surface area contributed by atoms with Crippen LogP contribution in [0.3, 0.4) is 0 Å². The van der Waals surface area contributed by atoms with Crippen molar-refractivity contribution in [3.8, 4) is 0 Å². The number of carbonyl (C=O) groups excluding carboxylic acids is 1. The van der Waals surface area contributed by atoms with E-state index in [1.807, 2.05) is 0 Å². The summed E-state index contributed by atoms with van der Waals surface area (Å²) in [6, 6.07) is 0. The second-order valence-corrected chi connectivity index (χ2v) is 3.24. The molecule has 0 aliphatic carbocycles. The van der Waals surface area contributed by atoms with Crippen LogP contribution in [-0.2, 0) is 14.9 Å². The van der Waals surface area contributed by atoms with Gasteiger partial charge in [0.2, 0.25) is 0 Å². The molecule has 0 aliphatic rings. The van der Waals surface area contributed by atoms with E-state index in [1.54, 1.807) is 0 Å². The predicted molar refractivity (Wildman–Crippen MR) is 29.9 cm³/mol. The average Bonchev–Trinajstić information content (AvgIpc) is 1.59. The van der Waals surface area contributed by atoms with Crippen molar-refractivity contribution in [1.29, 1.82) is 0 Å². The molecule has 0 rings (SSSR count). The van der Waals surface area contributed by atoms with E-state index in [4.69, 9.17) is 0 Å². The summed E-state index contributed by atoms with van der Waals surface area (Å²) in [7, 11) is -4.19. The summed E-state index contributed by atoms with van der Waals surface area (Å²) in [5, 5.41) is 0. The van der Waals surface area contributed by atoms with E-state index in [0.29, 0.717) is 0 Å². The van der Waals surface area contributed by atoms with E-state index in [0.717, 1.165) is 0 Å². The Hall–Kier alpha value is 0.580. The average molecular weight is 174 g/mol. The minimum absolute atomic E-state index is 0. The molecule has 0 aromatic heterocycles. The SMILES string of the molecule is CC(=O)CCS(=O)(=O)[O-].[Na+]. The fourth-order valence-corrected chi connectivity index (χ4v) is 0.806. The van der Waals surface area contributed by atoms with Crippen molar-refractivity contribution < 1.29 is 47.3 Å². The molecular formula is C4H7NaO4S. The number of rotatable bonds is 3. The summed E-state index contributed by atoms with van der Waals surface area (Å²) in [6.45, 7) is 1.24. The topological polar surface area (TPSA) is 74.3 Å². The van der Waals surface area contributed by atoms with Crippen molar-refractivity contribution in [2.24, 2.45) is 0 Å². The van der Waals surface area contributed by atoms with Crippen LogP contribution in [0.4, 0.5) is 0 Å². The third-order valence-corrected chi connectivity index (χ3v) is 1.41. The van der Waals surface area contributed by atoms with Gasteiger partial charge in [0.05, 0.1) is 10.1 Å². The molecule has 0 atom stereocenters. The van der Waals surface area contributed by atoms with Crippen LogP contribution in [0, 0.1) is 0 Å². The van der Waals surface area contributed by atoms with Crippen LogP contribution in [0.5, 0.6) is 0 Å². The second kappa shape index (κ2) is 5.26. The summed E-state index contributed by atoms with van der Waals surface area (Å²) in [4.78, 5) is 10.1. The molecule has 0 heterocycles. The fraction of sp³-hybridized carbons (Fsp3) is 0.750. The van der Waals surface area contributed by atoms with E-state index in [9.17, 15) is 17.8 Å². The molecule has 10 heavy (non-hydrogen) atoms. The monoisotopic (exact) mass is 174 g/mol. The zero-order valence-electron chi connectivity index (χ0n) is 5.96. The van der Waals surface area contributed by atoms with Crippen LogP contribution >= 0.6 is 0 Å². The maximum atomic E-state index is 10.1. The van der Waals surface area contributed by atoms with Crippen molar-refractivity contribution in [3.05, 3.63) is 0 Å². The van der Waals surface area contributed by atoms with Crippen molar-refractivity contribution in [3.63, 3.8) is 0 Å². The first-order valence-electron chi connectivity index (χ1n) is 2.35. The van der Waals surface area contributed by atoms with Crippen LogP contribution in [0.25, 0.3) is 0 Å². The summed E-state index contributed by atoms with van der Waals surface area (Å²) in [6.07, 6.45) is -0.175. The molecule has 0 amide bonds. The molecular weight excluding hydrogens is 167 g/mol. The van der Waals surface area contributed by atoms with Crippen LogP contribution in [0.2, 0.25) is 0 Å². The third kappa shape index (κ3) is 11.4. The van der Waals surface area contributed by atoms with Crippen molar-refractivity contribution in [1.82, 2.24) is 0 Å². The molecule has 0 radical (unpaired) electrons. The number of carbonyl (C=O) groups is 1. The zero-order chi connectivity index (χ0) is 7.49. The molecule has 0 saturated heterocycles. The van der Waals surface area contributed by atoms with E-state index < -0.39 is 15.9 Å². The van der Waals surface area contributed by atoms with E-state index in [1.165, 1.54) is 6.92 Å². The smallest absolute Gasteiger partial charge is 0.748 e. The van der Waals surface area contributed by atoms with Gasteiger partial charge in [0.15, 0.2) is 0 Å². The molecule has 54 valence electrons. The first kappa shape index (κ1) is 13.2. The Balaban J connectivity index is 0. The number of ketones is 1. The van der Waals surface area contributed by atoms with Gasteiger partial charge in [-0.15, -0.1) is 0 Å². The number of Topliss-reactive ketones (excluding diaryl/α,β-unsaturated/α-hetero) is 1. The molecule has 0 aliphatic heterocycles. The molecule has 0 fully saturated rings. The Kier molecular flexibility index (Phi) is 6.94. The third-order valence-electron chi connectivity index (χ3n) is 0.704. The molecule has 0 bridgehead atoms. The van der Waals surface area contributed by atoms with Crippen LogP contribution in [-0.4, -0.2) is 24.5 Å². The van der Waals surface area contributed by atoms with Crippen molar-refractivity contribution in [2.45, 2.75) is 13.3 Å². The second-order valence-electron chi connectivity index (χ2n) is 1.71. The molecule has 6 heteroatoms. The Labute approximate surface area is 82.0 Å². The van der Waals surface area contributed by atoms with E-state index >= 15 is 0 Å². The normalized spacial score (nSPS) is 10.2. The molecule has 0 unspecified atom stereocenters. The number of hydrogen-bond donors (Lipinski definition) is 0. The standard InChI is InChI=1S/C4H8O4S.Na/c1-4(5)2-3-9(6,7)8;/h2-3H2,1H3,(H,6,7,8);/q;+1/p-1. The predicted octanol–water partition coefficient (Wildman–Crippen LogP) is -3.49. The zero-order valence-corrected chi connectivity index (χ0v) is 8.77. The van der Waals surface area contributed by atoms with Gasteiger partial charge in [-0.05, 0) is 6.92 Å². The van der Waals surface area contributed by atoms with Crippen molar-refractivity contribution >= 4 is 15.9 Å². The van der Waals surface area contributed by atoms with Gasteiger partial charge >= 0.3 is 29.6 Å². The first-order valence-corrected chi connectivity index (χ1v) is 3.92. The minimum atomic E-state index is -4.19. The Morgan fingerprint density at radius 1 is 1.50 bits per heavy atom. The molecule has 0 saturated carbocycles. The summed E-state index contributed by atoms with van der Waals surface area (Å²) >= 11 is 0. The van der Waals surface area contributed by atoms with Crippen LogP contribution < -0.4 is 29.6 Å². The first-order chi connectivity index (χ1) is 3.92. The van der Waals surface area contributed by atoms with Gasteiger partial charge in [-0.25, -0.2) is 8.42 Å². The van der Waals surface area contributed by atoms with E-state index in [2.05, 4.69) is 0 Å². The molecule has 0 N–H and O–H groups in total. The summed E-state index contributed by atoms with van der Waals surface area (Å²) < 4.78 is 29.5. The maximum absolute atomic E-state index is 10.1. The molecule has 0 aromatic rings. The Bertz CT molecular complexity index is 195. The number of hydrogen-bond acceptors (Lipinski definition) is 4. The Morgan fingerprint density at radius 2 is 1.90 bits per heavy atom. The fourth-order valence-electron chi connectivity index (χ4n) is 0.269. The summed E-state index contributed by atoms with van der Waals surface area (Å²) in [5.74, 6) is -0.864. The molecule has 0 spiro atoms. The van der Waals surface area contributed by atoms with Gasteiger partial charge < -0.3 is 4.55 Å². The van der Waals surface area contributed by atoms with Crippen molar-refractivity contribution in [2.75, 3.05) is 5.75 Å². The van der Waals surface area contributed by atoms with Gasteiger partial charge in [-0.3, -0.25) is 4.79 Å².